The molecular formula is C6H15NO2. The van der Waals surface area contributed by atoms with Crippen LogP contribution in [-0.2, 0) is 4.79 Å². The Balaban J connectivity index is 0. The maximum atomic E-state index is 9.44. The number of carbonyl (C=O) groups excluding carboxylic acids is 1. The first-order valence-corrected chi connectivity index (χ1v) is 2.87. The molecule has 0 spiro atoms. The lowest BCUT2D eigenvalue weighted by atomic mass is 10.6. The van der Waals surface area contributed by atoms with Gasteiger partial charge in [-0.25, -0.2) is 0 Å². The lowest BCUT2D eigenvalue weighted by Gasteiger charge is -1.84. The zero-order valence-corrected chi connectivity index (χ0v) is 6.27. The Kier molecular flexibility index (Phi) is 13.4. The van der Waals surface area contributed by atoms with Gasteiger partial charge in [0.2, 0.25) is 0 Å². The third-order valence-corrected chi connectivity index (χ3v) is 0.362. The molecule has 0 atom stereocenters. The van der Waals surface area contributed by atoms with E-state index < -0.39 is 0 Å². The molecule has 0 unspecified atom stereocenters. The number of hydrogen-bond acceptors (Lipinski definition) is 3. The summed E-state index contributed by atoms with van der Waals surface area (Å²) in [5.41, 5.74) is 0. The van der Waals surface area contributed by atoms with Gasteiger partial charge in [0, 0.05) is 6.54 Å². The van der Waals surface area contributed by atoms with E-state index in [-0.39, 0.29) is 12.4 Å². The van der Waals surface area contributed by atoms with E-state index in [2.05, 4.69) is 5.32 Å². The van der Waals surface area contributed by atoms with E-state index in [1.807, 2.05) is 0 Å². The third-order valence-electron chi connectivity index (χ3n) is 0.362. The normalized spacial score (nSPS) is 7.56. The van der Waals surface area contributed by atoms with E-state index in [9.17, 15) is 4.79 Å². The molecule has 2 N–H and O–H groups in total. The monoisotopic (exact) mass is 133 g/mol. The minimum Gasteiger partial charge on any atom is -0.395 e. The first-order chi connectivity index (χ1) is 4.15. The summed E-state index contributed by atoms with van der Waals surface area (Å²) in [6.45, 7) is 3.98. The maximum Gasteiger partial charge on any atom is 0.126 e. The second-order valence-electron chi connectivity index (χ2n) is 1.74. The number of aliphatic hydroxyl groups is 1. The van der Waals surface area contributed by atoms with E-state index in [0.29, 0.717) is 6.54 Å². The van der Waals surface area contributed by atoms with Gasteiger partial charge in [0.15, 0.2) is 0 Å². The molecule has 0 heterocycles. The highest BCUT2D eigenvalue weighted by molar-refractivity contribution is 5.72. The lowest BCUT2D eigenvalue weighted by molar-refractivity contribution is -0.114. The molecule has 0 amide bonds. The van der Waals surface area contributed by atoms with Crippen LogP contribution < -0.4 is 5.32 Å². The summed E-state index contributed by atoms with van der Waals surface area (Å²) in [6, 6.07) is 0. The van der Waals surface area contributed by atoms with Crippen molar-refractivity contribution in [1.29, 1.82) is 0 Å². The van der Waals surface area contributed by atoms with Crippen LogP contribution in [0.3, 0.4) is 0 Å². The average molecular weight is 133 g/mol. The van der Waals surface area contributed by atoms with Crippen LogP contribution in [0.25, 0.3) is 0 Å². The summed E-state index contributed by atoms with van der Waals surface area (Å²) in [4.78, 5) is 9.44. The fourth-order valence-corrected chi connectivity index (χ4v) is 0.112. The Morgan fingerprint density at radius 2 is 1.89 bits per heavy atom. The van der Waals surface area contributed by atoms with Crippen LogP contribution in [0.5, 0.6) is 0 Å². The Bertz CT molecular complexity index is 58.1. The van der Waals surface area contributed by atoms with Crippen molar-refractivity contribution in [3.05, 3.63) is 0 Å². The second-order valence-corrected chi connectivity index (χ2v) is 1.74. The molecule has 0 fully saturated rings. The van der Waals surface area contributed by atoms with Crippen molar-refractivity contribution in [2.45, 2.75) is 13.8 Å². The molecule has 0 bridgehead atoms. The highest BCUT2D eigenvalue weighted by atomic mass is 16.3. The number of likely N-dealkylation sites (N-methyl/N-ethyl adjacent to an activating group) is 1. The quantitative estimate of drug-likeness (QED) is 0.548. The van der Waals surface area contributed by atoms with Crippen LogP contribution in [-0.4, -0.2) is 31.1 Å². The zero-order chi connectivity index (χ0) is 7.70. The van der Waals surface area contributed by atoms with Gasteiger partial charge in [-0.05, 0) is 20.9 Å². The molecule has 9 heavy (non-hydrogen) atoms. The second kappa shape index (κ2) is 10.5. The maximum absolute atomic E-state index is 9.44. The summed E-state index contributed by atoms with van der Waals surface area (Å²) < 4.78 is 0. The van der Waals surface area contributed by atoms with E-state index >= 15 is 0 Å². The van der Waals surface area contributed by atoms with Crippen molar-refractivity contribution in [2.24, 2.45) is 0 Å². The van der Waals surface area contributed by atoms with Gasteiger partial charge in [-0.15, -0.1) is 0 Å². The van der Waals surface area contributed by atoms with Gasteiger partial charge >= 0.3 is 0 Å². The Morgan fingerprint density at radius 3 is 1.89 bits per heavy atom. The molecule has 0 aliphatic heterocycles. The molecule has 0 aromatic carbocycles. The number of hydrogen-bond donors (Lipinski definition) is 2. The number of rotatable bonds is 2. The molecule has 0 aromatic rings. The predicted octanol–water partition coefficient (Wildman–Crippen LogP) is -0.207. The molecule has 0 rings (SSSR count). The van der Waals surface area contributed by atoms with Gasteiger partial charge in [0.25, 0.3) is 0 Å². The number of ketones is 1. The van der Waals surface area contributed by atoms with E-state index in [4.69, 9.17) is 5.11 Å². The molecule has 56 valence electrons. The van der Waals surface area contributed by atoms with Crippen LogP contribution in [0.15, 0.2) is 0 Å². The van der Waals surface area contributed by atoms with Crippen LogP contribution in [0.4, 0.5) is 0 Å². The molecular weight excluding hydrogens is 118 g/mol. The van der Waals surface area contributed by atoms with Gasteiger partial charge < -0.3 is 15.2 Å². The highest BCUT2D eigenvalue weighted by Crippen LogP contribution is 1.50. The summed E-state index contributed by atoms with van der Waals surface area (Å²) in [5.74, 6) is 0.167. The van der Waals surface area contributed by atoms with Gasteiger partial charge in [-0.2, -0.15) is 0 Å². The smallest absolute Gasteiger partial charge is 0.126 e. The fraction of sp³-hybridized carbons (Fsp3) is 0.833. The zero-order valence-electron chi connectivity index (χ0n) is 6.27. The molecule has 3 heteroatoms. The molecule has 3 nitrogen and oxygen atoms in total. The summed E-state index contributed by atoms with van der Waals surface area (Å²) in [7, 11) is 1.80. The van der Waals surface area contributed by atoms with Crippen molar-refractivity contribution >= 4 is 5.78 Å². The molecule has 0 aliphatic carbocycles. The molecule has 0 saturated heterocycles. The van der Waals surface area contributed by atoms with Crippen molar-refractivity contribution in [2.75, 3.05) is 20.2 Å². The fourth-order valence-electron chi connectivity index (χ4n) is 0.112. The summed E-state index contributed by atoms with van der Waals surface area (Å²) in [6.07, 6.45) is 0. The van der Waals surface area contributed by atoms with Crippen LogP contribution in [0.2, 0.25) is 0 Å². The first-order valence-electron chi connectivity index (χ1n) is 2.87. The van der Waals surface area contributed by atoms with Gasteiger partial charge in [0.05, 0.1) is 6.61 Å². The number of aliphatic hydroxyl groups excluding tert-OH is 1. The first kappa shape index (κ1) is 11.4. The van der Waals surface area contributed by atoms with Gasteiger partial charge in [-0.1, -0.05) is 0 Å². The van der Waals surface area contributed by atoms with Crippen LogP contribution in [0, 0.1) is 0 Å². The van der Waals surface area contributed by atoms with Crippen molar-refractivity contribution in [3.63, 3.8) is 0 Å². The van der Waals surface area contributed by atoms with Crippen molar-refractivity contribution in [3.8, 4) is 0 Å². The largest absolute Gasteiger partial charge is 0.395 e. The average Bonchev–Trinajstić information content (AvgIpc) is 1.66. The minimum absolute atomic E-state index is 0.167. The van der Waals surface area contributed by atoms with Gasteiger partial charge in [0.1, 0.15) is 5.78 Å². The van der Waals surface area contributed by atoms with E-state index in [1.54, 1.807) is 7.05 Å². The molecule has 0 aliphatic rings. The van der Waals surface area contributed by atoms with E-state index in [1.165, 1.54) is 13.8 Å². The van der Waals surface area contributed by atoms with E-state index in [0.717, 1.165) is 0 Å². The Hall–Kier alpha value is -0.410. The van der Waals surface area contributed by atoms with Crippen LogP contribution >= 0.6 is 0 Å². The number of nitrogens with one attached hydrogen (secondary N) is 1. The Labute approximate surface area is 56.1 Å². The van der Waals surface area contributed by atoms with Gasteiger partial charge in [-0.3, -0.25) is 0 Å². The minimum atomic E-state index is 0.167. The van der Waals surface area contributed by atoms with Crippen molar-refractivity contribution < 1.29 is 9.90 Å². The third kappa shape index (κ3) is 93.8. The SMILES string of the molecule is CC(C)=O.CNCCO. The summed E-state index contributed by atoms with van der Waals surface area (Å²) in [5, 5.41) is 10.8. The Morgan fingerprint density at radius 1 is 1.56 bits per heavy atom. The highest BCUT2D eigenvalue weighted by Gasteiger charge is 1.65. The topological polar surface area (TPSA) is 49.3 Å². The summed E-state index contributed by atoms with van der Waals surface area (Å²) >= 11 is 0. The number of Topliss-reactive ketones (excluding diaryl/α,β-unsaturated/α-hetero) is 1. The van der Waals surface area contributed by atoms with Crippen molar-refractivity contribution in [1.82, 2.24) is 5.32 Å². The number of carbonyl (C=O) groups is 1. The standard InChI is InChI=1S/C3H9NO.C3H6O/c1-4-2-3-5;1-3(2)4/h4-5H,2-3H2,1H3;1-2H3. The molecule has 0 aromatic heterocycles. The lowest BCUT2D eigenvalue weighted by Crippen LogP contribution is -2.10. The predicted molar refractivity (Wildman–Crippen MR) is 37.4 cm³/mol. The molecule has 0 saturated carbocycles. The molecule has 0 radical (unpaired) electrons. The van der Waals surface area contributed by atoms with Crippen LogP contribution in [0.1, 0.15) is 13.8 Å².